The molecule has 0 saturated heterocycles. The lowest BCUT2D eigenvalue weighted by Gasteiger charge is -2.02. The average molecular weight is 340 g/mol. The summed E-state index contributed by atoms with van der Waals surface area (Å²) < 4.78 is 6.90. The Hall–Kier alpha value is -2.72. The Morgan fingerprint density at radius 1 is 1.08 bits per heavy atom. The number of rotatable bonds is 5. The number of hydrogen-bond acceptors (Lipinski definition) is 3. The molecule has 1 aromatic heterocycles. The number of nitrogens with zero attached hydrogens (tertiary/aromatic N) is 2. The van der Waals surface area contributed by atoms with Crippen molar-refractivity contribution in [1.82, 2.24) is 4.98 Å². The van der Waals surface area contributed by atoms with Crippen molar-refractivity contribution < 1.29 is 14.1 Å². The highest BCUT2D eigenvalue weighted by Crippen LogP contribution is 2.19. The van der Waals surface area contributed by atoms with E-state index in [1.54, 1.807) is 42.3 Å². The lowest BCUT2D eigenvalue weighted by Crippen LogP contribution is -2.37. The zero-order chi connectivity index (χ0) is 16.9. The molecule has 0 radical (unpaired) electrons. The summed E-state index contributed by atoms with van der Waals surface area (Å²) in [4.78, 5) is 16.7. The van der Waals surface area contributed by atoms with E-state index in [-0.39, 0.29) is 12.3 Å². The highest BCUT2D eigenvalue weighted by Gasteiger charge is 2.12. The van der Waals surface area contributed by atoms with Crippen molar-refractivity contribution in [2.45, 2.75) is 6.54 Å². The van der Waals surface area contributed by atoms with E-state index in [9.17, 15) is 4.79 Å². The van der Waals surface area contributed by atoms with Crippen LogP contribution in [0.5, 0.6) is 5.75 Å². The number of ketones is 1. The van der Waals surface area contributed by atoms with Gasteiger partial charge in [-0.05, 0) is 53.5 Å². The molecule has 120 valence electrons. The number of hydrogen-bond donors (Lipinski definition) is 0. The maximum Gasteiger partial charge on any atom is 0.287 e. The van der Waals surface area contributed by atoms with Crippen LogP contribution >= 0.6 is 11.6 Å². The predicted octanol–water partition coefficient (Wildman–Crippen LogP) is 3.58. The van der Waals surface area contributed by atoms with Crippen molar-refractivity contribution in [3.8, 4) is 17.0 Å². The summed E-state index contributed by atoms with van der Waals surface area (Å²) >= 11 is 5.84. The summed E-state index contributed by atoms with van der Waals surface area (Å²) in [5.74, 6) is 0.814. The number of benzene rings is 2. The van der Waals surface area contributed by atoms with E-state index < -0.39 is 0 Å². The SMILES string of the molecule is COc1ccc(-c2cc[n+](CC(=O)c3ccc(Cl)cc3)cn2)cc1. The Morgan fingerprint density at radius 2 is 1.79 bits per heavy atom. The molecule has 4 nitrogen and oxygen atoms in total. The predicted molar refractivity (Wildman–Crippen MR) is 92.2 cm³/mol. The van der Waals surface area contributed by atoms with Crippen LogP contribution in [-0.2, 0) is 6.54 Å². The summed E-state index contributed by atoms with van der Waals surface area (Å²) in [5.41, 5.74) is 2.46. The van der Waals surface area contributed by atoms with Gasteiger partial charge in [0.2, 0.25) is 5.78 Å². The molecule has 5 heteroatoms. The molecule has 0 atom stereocenters. The maximum atomic E-state index is 12.2. The Morgan fingerprint density at radius 3 is 2.38 bits per heavy atom. The number of carbonyl (C=O) groups excluding carboxylic acids is 1. The van der Waals surface area contributed by atoms with E-state index in [1.807, 2.05) is 36.5 Å². The molecule has 24 heavy (non-hydrogen) atoms. The molecular formula is C19H16ClN2O2+. The quantitative estimate of drug-likeness (QED) is 0.527. The Labute approximate surface area is 145 Å². The molecule has 0 saturated carbocycles. The van der Waals surface area contributed by atoms with Gasteiger partial charge < -0.3 is 4.74 Å². The molecule has 0 unspecified atom stereocenters. The van der Waals surface area contributed by atoms with Gasteiger partial charge in [-0.2, -0.15) is 0 Å². The Bertz CT molecular complexity index is 829. The third-order valence-electron chi connectivity index (χ3n) is 3.65. The van der Waals surface area contributed by atoms with Crippen molar-refractivity contribution in [2.75, 3.05) is 7.11 Å². The van der Waals surface area contributed by atoms with Gasteiger partial charge in [-0.1, -0.05) is 11.6 Å². The van der Waals surface area contributed by atoms with Crippen LogP contribution in [0.2, 0.25) is 5.02 Å². The molecule has 0 fully saturated rings. The lowest BCUT2D eigenvalue weighted by molar-refractivity contribution is -0.686. The fraction of sp³-hybridized carbons (Fsp3) is 0.105. The van der Waals surface area contributed by atoms with Gasteiger partial charge in [0.05, 0.1) is 13.3 Å². The van der Waals surface area contributed by atoms with E-state index >= 15 is 0 Å². The first kappa shape index (κ1) is 16.1. The molecule has 3 rings (SSSR count). The van der Waals surface area contributed by atoms with E-state index in [1.165, 1.54) is 0 Å². The minimum absolute atomic E-state index is 0.00987. The van der Waals surface area contributed by atoms with Crippen molar-refractivity contribution in [3.63, 3.8) is 0 Å². The zero-order valence-electron chi connectivity index (χ0n) is 13.1. The second-order valence-corrected chi connectivity index (χ2v) is 5.71. The topological polar surface area (TPSA) is 43.1 Å². The largest absolute Gasteiger partial charge is 0.497 e. The smallest absolute Gasteiger partial charge is 0.287 e. The summed E-state index contributed by atoms with van der Waals surface area (Å²) in [5, 5.41) is 0.615. The fourth-order valence-electron chi connectivity index (χ4n) is 2.30. The first-order chi connectivity index (χ1) is 11.7. The van der Waals surface area contributed by atoms with Crippen LogP contribution in [0.3, 0.4) is 0 Å². The molecule has 0 spiro atoms. The molecule has 0 aliphatic carbocycles. The molecule has 0 bridgehead atoms. The molecule has 0 amide bonds. The zero-order valence-corrected chi connectivity index (χ0v) is 13.9. The minimum Gasteiger partial charge on any atom is -0.497 e. The highest BCUT2D eigenvalue weighted by molar-refractivity contribution is 6.30. The number of methoxy groups -OCH3 is 1. The summed E-state index contributed by atoms with van der Waals surface area (Å²) in [6, 6.07) is 16.4. The van der Waals surface area contributed by atoms with Gasteiger partial charge in [0, 0.05) is 22.2 Å². The lowest BCUT2D eigenvalue weighted by atomic mass is 10.1. The monoisotopic (exact) mass is 339 g/mol. The van der Waals surface area contributed by atoms with Crippen LogP contribution < -0.4 is 9.30 Å². The molecule has 0 aliphatic heterocycles. The average Bonchev–Trinajstić information content (AvgIpc) is 2.63. The Kier molecular flexibility index (Phi) is 4.87. The van der Waals surface area contributed by atoms with E-state index in [0.717, 1.165) is 17.0 Å². The van der Waals surface area contributed by atoms with Crippen molar-refractivity contribution in [3.05, 3.63) is 77.7 Å². The number of Topliss-reactive ketones (excluding diaryl/α,β-unsaturated/α-hetero) is 1. The van der Waals surface area contributed by atoms with Crippen LogP contribution in [0.4, 0.5) is 0 Å². The molecule has 1 heterocycles. The van der Waals surface area contributed by atoms with Crippen LogP contribution in [0.25, 0.3) is 11.3 Å². The summed E-state index contributed by atoms with van der Waals surface area (Å²) in [6.07, 6.45) is 3.51. The molecule has 0 aliphatic rings. The Balaban J connectivity index is 1.71. The summed E-state index contributed by atoms with van der Waals surface area (Å²) in [6.45, 7) is 0.234. The van der Waals surface area contributed by atoms with E-state index in [2.05, 4.69) is 4.98 Å². The van der Waals surface area contributed by atoms with Gasteiger partial charge in [-0.15, -0.1) is 0 Å². The first-order valence-electron chi connectivity index (χ1n) is 7.44. The number of ether oxygens (including phenoxy) is 1. The van der Waals surface area contributed by atoms with E-state index in [4.69, 9.17) is 16.3 Å². The van der Waals surface area contributed by atoms with Crippen molar-refractivity contribution >= 4 is 17.4 Å². The van der Waals surface area contributed by atoms with Crippen LogP contribution in [0, 0.1) is 0 Å². The fourth-order valence-corrected chi connectivity index (χ4v) is 2.43. The second kappa shape index (κ2) is 7.23. The molecule has 2 aromatic carbocycles. The maximum absolute atomic E-state index is 12.2. The van der Waals surface area contributed by atoms with Gasteiger partial charge >= 0.3 is 0 Å². The second-order valence-electron chi connectivity index (χ2n) is 5.28. The number of halogens is 1. The van der Waals surface area contributed by atoms with Crippen molar-refractivity contribution in [1.29, 1.82) is 0 Å². The van der Waals surface area contributed by atoms with Gasteiger partial charge in [-0.25, -0.2) is 4.57 Å². The van der Waals surface area contributed by atoms with Crippen LogP contribution in [-0.4, -0.2) is 17.9 Å². The standard InChI is InChI=1S/C19H16ClN2O2/c1-24-17-8-4-14(5-9-17)18-10-11-22(13-21-18)12-19(23)15-2-6-16(20)7-3-15/h2-11,13H,12H2,1H3/q+1. The van der Waals surface area contributed by atoms with Gasteiger partial charge in [-0.3, -0.25) is 4.79 Å². The first-order valence-corrected chi connectivity index (χ1v) is 7.82. The van der Waals surface area contributed by atoms with Gasteiger partial charge in [0.25, 0.3) is 6.33 Å². The number of carbonyl (C=O) groups is 1. The van der Waals surface area contributed by atoms with Gasteiger partial charge in [0.1, 0.15) is 5.75 Å². The summed E-state index contributed by atoms with van der Waals surface area (Å²) in [7, 11) is 1.64. The van der Waals surface area contributed by atoms with Gasteiger partial charge in [0.15, 0.2) is 12.2 Å². The highest BCUT2D eigenvalue weighted by atomic mass is 35.5. The van der Waals surface area contributed by atoms with Crippen molar-refractivity contribution in [2.24, 2.45) is 0 Å². The normalized spacial score (nSPS) is 10.4. The number of aromatic nitrogens is 2. The minimum atomic E-state index is 0.00987. The molecule has 0 N–H and O–H groups in total. The molecular weight excluding hydrogens is 324 g/mol. The third kappa shape index (κ3) is 3.78. The molecule has 3 aromatic rings. The third-order valence-corrected chi connectivity index (χ3v) is 3.90. The van der Waals surface area contributed by atoms with Crippen LogP contribution in [0.1, 0.15) is 10.4 Å². The van der Waals surface area contributed by atoms with Crippen LogP contribution in [0.15, 0.2) is 67.1 Å². The van der Waals surface area contributed by atoms with E-state index in [0.29, 0.717) is 10.6 Å².